The van der Waals surface area contributed by atoms with Gasteiger partial charge in [-0.2, -0.15) is 0 Å². The van der Waals surface area contributed by atoms with E-state index in [2.05, 4.69) is 17.1 Å². The van der Waals surface area contributed by atoms with Gasteiger partial charge in [0.05, 0.1) is 18.3 Å². The molecule has 3 atom stereocenters. The fourth-order valence-electron chi connectivity index (χ4n) is 3.13. The van der Waals surface area contributed by atoms with Crippen LogP contribution in [0.15, 0.2) is 0 Å². The van der Waals surface area contributed by atoms with E-state index in [0.29, 0.717) is 18.3 Å². The van der Waals surface area contributed by atoms with Crippen LogP contribution in [0.5, 0.6) is 0 Å². The van der Waals surface area contributed by atoms with Gasteiger partial charge in [0, 0.05) is 26.2 Å². The Kier molecular flexibility index (Phi) is 5.89. The normalized spacial score (nSPS) is 34.0. The molecule has 0 saturated carbocycles. The number of nitrogens with zero attached hydrogens (tertiary/aromatic N) is 1. The molecule has 0 aromatic heterocycles. The van der Waals surface area contributed by atoms with E-state index < -0.39 is 0 Å². The highest BCUT2D eigenvalue weighted by molar-refractivity contribution is 4.80. The molecule has 2 rings (SSSR count). The molecule has 0 aromatic rings. The van der Waals surface area contributed by atoms with E-state index >= 15 is 0 Å². The average molecular weight is 256 g/mol. The monoisotopic (exact) mass is 256 g/mol. The van der Waals surface area contributed by atoms with Crippen LogP contribution in [0.2, 0.25) is 0 Å². The van der Waals surface area contributed by atoms with E-state index in [1.165, 1.54) is 32.2 Å². The number of ether oxygens (including phenoxy) is 2. The minimum Gasteiger partial charge on any atom is -0.377 e. The highest BCUT2D eigenvalue weighted by Crippen LogP contribution is 2.22. The van der Waals surface area contributed by atoms with E-state index in [-0.39, 0.29) is 0 Å². The molecule has 106 valence electrons. The number of rotatable bonds is 6. The van der Waals surface area contributed by atoms with Gasteiger partial charge in [-0.25, -0.2) is 0 Å². The molecule has 0 bridgehead atoms. The highest BCUT2D eigenvalue weighted by Gasteiger charge is 2.28. The molecular weight excluding hydrogens is 228 g/mol. The van der Waals surface area contributed by atoms with Gasteiger partial charge in [-0.15, -0.1) is 0 Å². The van der Waals surface area contributed by atoms with Gasteiger partial charge >= 0.3 is 0 Å². The lowest BCUT2D eigenvalue weighted by molar-refractivity contribution is -0.0210. The summed E-state index contributed by atoms with van der Waals surface area (Å²) in [5, 5.41) is 3.20. The van der Waals surface area contributed by atoms with Crippen molar-refractivity contribution < 1.29 is 9.47 Å². The Bertz CT molecular complexity index is 236. The Labute approximate surface area is 111 Å². The van der Waals surface area contributed by atoms with Gasteiger partial charge in [0.25, 0.3) is 0 Å². The Morgan fingerprint density at radius 1 is 1.28 bits per heavy atom. The number of hydrogen-bond acceptors (Lipinski definition) is 4. The molecule has 0 amide bonds. The number of piperidine rings is 1. The summed E-state index contributed by atoms with van der Waals surface area (Å²) in [6, 6.07) is 0. The highest BCUT2D eigenvalue weighted by atomic mass is 16.5. The van der Waals surface area contributed by atoms with E-state index in [9.17, 15) is 0 Å². The van der Waals surface area contributed by atoms with Crippen molar-refractivity contribution >= 4 is 0 Å². The Morgan fingerprint density at radius 2 is 2.11 bits per heavy atom. The molecule has 1 N–H and O–H groups in total. The van der Waals surface area contributed by atoms with Crippen LogP contribution < -0.4 is 5.32 Å². The molecule has 4 nitrogen and oxygen atoms in total. The van der Waals surface area contributed by atoms with Gasteiger partial charge in [-0.1, -0.05) is 0 Å². The first-order valence-corrected chi connectivity index (χ1v) is 7.45. The van der Waals surface area contributed by atoms with Gasteiger partial charge in [0.1, 0.15) is 0 Å². The van der Waals surface area contributed by atoms with Crippen molar-refractivity contribution in [3.05, 3.63) is 0 Å². The van der Waals surface area contributed by atoms with Crippen molar-refractivity contribution in [3.8, 4) is 0 Å². The van der Waals surface area contributed by atoms with Gasteiger partial charge in [0.15, 0.2) is 0 Å². The number of likely N-dealkylation sites (N-methyl/N-ethyl adjacent to an activating group) is 1. The minimum absolute atomic E-state index is 0.424. The van der Waals surface area contributed by atoms with Crippen LogP contribution in [-0.2, 0) is 9.47 Å². The maximum atomic E-state index is 6.05. The van der Waals surface area contributed by atoms with Crippen molar-refractivity contribution in [2.45, 2.75) is 50.9 Å². The summed E-state index contributed by atoms with van der Waals surface area (Å²) >= 11 is 0. The summed E-state index contributed by atoms with van der Waals surface area (Å²) in [6.07, 6.45) is 6.20. The third-order valence-corrected chi connectivity index (χ3v) is 3.95. The van der Waals surface area contributed by atoms with E-state index in [0.717, 1.165) is 26.2 Å². The lowest BCUT2D eigenvalue weighted by Crippen LogP contribution is -2.43. The van der Waals surface area contributed by atoms with Gasteiger partial charge in [-0.05, 0) is 46.2 Å². The van der Waals surface area contributed by atoms with Gasteiger partial charge in [-0.3, -0.25) is 4.90 Å². The summed E-state index contributed by atoms with van der Waals surface area (Å²) in [6.45, 7) is 7.29. The molecule has 4 heteroatoms. The van der Waals surface area contributed by atoms with Gasteiger partial charge in [0.2, 0.25) is 0 Å². The summed E-state index contributed by atoms with van der Waals surface area (Å²) < 4.78 is 11.8. The molecular formula is C14H28N2O2. The molecule has 2 aliphatic rings. The van der Waals surface area contributed by atoms with Crippen LogP contribution in [0, 0.1) is 0 Å². The molecule has 0 spiro atoms. The van der Waals surface area contributed by atoms with Crippen molar-refractivity contribution in [1.82, 2.24) is 10.2 Å². The number of likely N-dealkylation sites (tertiary alicyclic amines) is 1. The Morgan fingerprint density at radius 3 is 2.89 bits per heavy atom. The van der Waals surface area contributed by atoms with Crippen molar-refractivity contribution in [2.24, 2.45) is 0 Å². The van der Waals surface area contributed by atoms with E-state index in [4.69, 9.17) is 9.47 Å². The minimum atomic E-state index is 0.424. The molecule has 0 radical (unpaired) electrons. The van der Waals surface area contributed by atoms with Gasteiger partial charge < -0.3 is 14.8 Å². The lowest BCUT2D eigenvalue weighted by atomic mass is 10.1. The SMILES string of the molecule is CCOC1CCCN(CC2CCC(CNC)O2)C1. The Hall–Kier alpha value is -0.160. The van der Waals surface area contributed by atoms with Crippen molar-refractivity contribution in [1.29, 1.82) is 0 Å². The van der Waals surface area contributed by atoms with Crippen LogP contribution >= 0.6 is 0 Å². The first kappa shape index (κ1) is 14.3. The van der Waals surface area contributed by atoms with Crippen LogP contribution in [0.3, 0.4) is 0 Å². The first-order chi connectivity index (χ1) is 8.81. The van der Waals surface area contributed by atoms with Crippen LogP contribution in [0.1, 0.15) is 32.6 Å². The zero-order valence-corrected chi connectivity index (χ0v) is 11.9. The van der Waals surface area contributed by atoms with Crippen molar-refractivity contribution in [2.75, 3.05) is 39.8 Å². The second kappa shape index (κ2) is 7.43. The predicted molar refractivity (Wildman–Crippen MR) is 72.9 cm³/mol. The van der Waals surface area contributed by atoms with Crippen LogP contribution in [0.25, 0.3) is 0 Å². The summed E-state index contributed by atoms with van der Waals surface area (Å²) in [7, 11) is 1.99. The lowest BCUT2D eigenvalue weighted by Gasteiger charge is -2.33. The summed E-state index contributed by atoms with van der Waals surface area (Å²) in [5.74, 6) is 0. The molecule has 3 unspecified atom stereocenters. The standard InChI is InChI=1S/C14H28N2O2/c1-3-17-13-5-4-8-16(10-13)11-14-7-6-12(18-14)9-15-2/h12-15H,3-11H2,1-2H3. The topological polar surface area (TPSA) is 33.7 Å². The quantitative estimate of drug-likeness (QED) is 0.775. The summed E-state index contributed by atoms with van der Waals surface area (Å²) in [5.41, 5.74) is 0. The second-order valence-electron chi connectivity index (χ2n) is 5.49. The second-order valence-corrected chi connectivity index (χ2v) is 5.49. The third-order valence-electron chi connectivity index (χ3n) is 3.95. The average Bonchev–Trinajstić information content (AvgIpc) is 2.78. The zero-order chi connectivity index (χ0) is 12.8. The van der Waals surface area contributed by atoms with Crippen molar-refractivity contribution in [3.63, 3.8) is 0 Å². The molecule has 0 aliphatic carbocycles. The maximum Gasteiger partial charge on any atom is 0.0707 e. The number of hydrogen-bond donors (Lipinski definition) is 1. The van der Waals surface area contributed by atoms with Crippen LogP contribution in [-0.4, -0.2) is 63.0 Å². The van der Waals surface area contributed by atoms with Crippen LogP contribution in [0.4, 0.5) is 0 Å². The Balaban J connectivity index is 1.69. The smallest absolute Gasteiger partial charge is 0.0707 e. The molecule has 18 heavy (non-hydrogen) atoms. The maximum absolute atomic E-state index is 6.05. The summed E-state index contributed by atoms with van der Waals surface area (Å²) in [4.78, 5) is 2.52. The van der Waals surface area contributed by atoms with E-state index in [1.807, 2.05) is 7.05 Å². The third kappa shape index (κ3) is 4.19. The fraction of sp³-hybridized carbons (Fsp3) is 1.00. The molecule has 2 fully saturated rings. The zero-order valence-electron chi connectivity index (χ0n) is 11.9. The molecule has 2 saturated heterocycles. The largest absolute Gasteiger partial charge is 0.377 e. The number of nitrogens with one attached hydrogen (secondary N) is 1. The molecule has 2 heterocycles. The predicted octanol–water partition coefficient (Wildman–Crippen LogP) is 1.25. The fourth-order valence-corrected chi connectivity index (χ4v) is 3.13. The first-order valence-electron chi connectivity index (χ1n) is 7.45. The molecule has 0 aromatic carbocycles. The molecule has 2 aliphatic heterocycles. The van der Waals surface area contributed by atoms with E-state index in [1.54, 1.807) is 0 Å².